The van der Waals surface area contributed by atoms with Crippen molar-refractivity contribution in [3.05, 3.63) is 202 Å². The predicted molar refractivity (Wildman–Crippen MR) is 351 cm³/mol. The number of ether oxygens (including phenoxy) is 3. The molecule has 0 unspecified atom stereocenters. The summed E-state index contributed by atoms with van der Waals surface area (Å²) in [7, 11) is 8.74. The minimum Gasteiger partial charge on any atom is -0.497 e. The number of ketones is 3. The van der Waals surface area contributed by atoms with Crippen molar-refractivity contribution in [1.82, 2.24) is 18.6 Å². The summed E-state index contributed by atoms with van der Waals surface area (Å²) >= 11 is 6.53. The van der Waals surface area contributed by atoms with E-state index in [0.717, 1.165) is 51.4 Å². The van der Waals surface area contributed by atoms with Gasteiger partial charge in [-0.3, -0.25) is 28.8 Å². The number of carbonyl (C=O) groups excluding carboxylic acids is 3. The van der Waals surface area contributed by atoms with Gasteiger partial charge in [-0.15, -0.1) is 0 Å². The van der Waals surface area contributed by atoms with Crippen molar-refractivity contribution >= 4 is 117 Å². The molecule has 434 valence electrons. The third-order valence-electron chi connectivity index (χ3n) is 14.8. The van der Waals surface area contributed by atoms with Crippen LogP contribution >= 0.6 is 67.8 Å². The molecule has 0 fully saturated rings. The molecule has 0 amide bonds. The van der Waals surface area contributed by atoms with E-state index in [1.54, 1.807) is 65.4 Å². The normalized spacial score (nSPS) is 12.0. The Kier molecular flexibility index (Phi) is 20.2. The molecule has 0 aliphatic heterocycles. The van der Waals surface area contributed by atoms with E-state index in [1.807, 2.05) is 93.0 Å². The van der Waals surface area contributed by atoms with Crippen molar-refractivity contribution in [2.45, 2.75) is 38.9 Å². The maximum absolute atomic E-state index is 13.4. The zero-order valence-electron chi connectivity index (χ0n) is 46.6. The van der Waals surface area contributed by atoms with E-state index in [-0.39, 0.29) is 68.4 Å². The number of aromatic nitrogens is 3. The topological polar surface area (TPSA) is 223 Å². The Labute approximate surface area is 538 Å². The molecule has 12 rings (SSSR count). The molecule has 3 heterocycles. The van der Waals surface area contributed by atoms with Gasteiger partial charge in [0.2, 0.25) is 0 Å². The molecule has 2 N–H and O–H groups in total. The van der Waals surface area contributed by atoms with Gasteiger partial charge >= 0.3 is 0 Å². The number of fused-ring (bicyclic) bond motifs is 15. The SMILES string of the molecule is COc1ccc2c(c1)C(=O)c1c-2n(CCCN(C)C)c(=O)c2cc(I)ccc12.COc1ccc2c(c1)C(=O)c1c-2n(CCCN)c(=O)c2cc(I)ccc12.COc1ccc2c(c1)C(=O)c1c-2n(CCCN=[N+]=[N-])c(=O)c2cc(I)ccc12.[CH3-].[Pd]. The van der Waals surface area contributed by atoms with E-state index in [0.29, 0.717) is 128 Å². The largest absolute Gasteiger partial charge is 0.497 e. The fourth-order valence-electron chi connectivity index (χ4n) is 11.1. The van der Waals surface area contributed by atoms with Gasteiger partial charge in [0, 0.05) is 128 Å². The van der Waals surface area contributed by atoms with Crippen LogP contribution in [0.2, 0.25) is 0 Å². The van der Waals surface area contributed by atoms with Crippen LogP contribution in [-0.4, -0.2) is 91.0 Å². The Hall–Kier alpha value is -6.56. The molecule has 3 aromatic heterocycles. The maximum atomic E-state index is 13.4. The van der Waals surface area contributed by atoms with Gasteiger partial charge in [-0.05, 0) is 211 Å². The third kappa shape index (κ3) is 11.6. The van der Waals surface area contributed by atoms with E-state index in [2.05, 4.69) is 82.7 Å². The van der Waals surface area contributed by atoms with Crippen LogP contribution in [0.4, 0.5) is 0 Å². The van der Waals surface area contributed by atoms with Crippen molar-refractivity contribution < 1.29 is 49.0 Å². The number of nitrogens with zero attached hydrogens (tertiary/aromatic N) is 7. The average Bonchev–Trinajstić information content (AvgIpc) is 1.84. The van der Waals surface area contributed by atoms with Crippen molar-refractivity contribution in [2.75, 3.05) is 55.1 Å². The molecule has 0 atom stereocenters. The summed E-state index contributed by atoms with van der Waals surface area (Å²) in [6.07, 6.45) is 2.00. The standard InChI is InChI=1S/C22H21IN2O3.C20H15IN4O3.C20H17IN2O3.CH3.Pd/c1-24(2)9-4-10-25-20-16-8-6-14(28-3)12-17(16)21(26)19(20)15-7-5-13(23)11-18(15)22(25)27;1-28-12-4-6-14-15(10-12)19(26)17-13-5-3-11(21)9-16(13)20(27)25(18(14)17)8-2-7-23-24-22;1-26-12-4-6-14-15(10-12)19(24)17-13-5-3-11(21)9-16(13)20(25)23(18(14)17)8-2-7-22;;/h5-8,11-12H,4,9-10H2,1-3H3;3-6,9-10H,2,7-8H2,1H3;3-6,9-10H,2,7-8,22H2,1H3;1H3;/q;;;-1;. The Morgan fingerprint density at radius 2 is 0.821 bits per heavy atom. The molecule has 0 radical (unpaired) electrons. The number of azide groups is 1. The first-order chi connectivity index (χ1) is 39.5. The fraction of sp³-hybridized carbons (Fsp3) is 0.222. The maximum Gasteiger partial charge on any atom is 0.258 e. The summed E-state index contributed by atoms with van der Waals surface area (Å²) in [5.41, 5.74) is 21.7. The zero-order valence-corrected chi connectivity index (χ0v) is 54.6. The monoisotopic (exact) mass is 1560 g/mol. The van der Waals surface area contributed by atoms with Crippen LogP contribution in [-0.2, 0) is 40.1 Å². The van der Waals surface area contributed by atoms with Crippen LogP contribution < -0.4 is 36.6 Å². The minimum atomic E-state index is -0.148. The molecule has 0 saturated heterocycles. The summed E-state index contributed by atoms with van der Waals surface area (Å²) in [5.74, 6) is 1.63. The van der Waals surface area contributed by atoms with E-state index >= 15 is 0 Å². The molecule has 3 aliphatic carbocycles. The first-order valence-corrected chi connectivity index (χ1v) is 29.4. The van der Waals surface area contributed by atoms with Gasteiger partial charge in [0.05, 0.1) is 55.1 Å². The molecule has 0 spiro atoms. The second-order valence-corrected chi connectivity index (χ2v) is 23.7. The number of methoxy groups -OCH3 is 3. The summed E-state index contributed by atoms with van der Waals surface area (Å²) < 4.78 is 23.8. The van der Waals surface area contributed by atoms with E-state index in [4.69, 9.17) is 25.5 Å². The summed E-state index contributed by atoms with van der Waals surface area (Å²) in [6, 6.07) is 33.1. The number of pyridine rings is 3. The molecule has 3 aliphatic rings. The van der Waals surface area contributed by atoms with Crippen molar-refractivity contribution in [2.24, 2.45) is 10.8 Å². The van der Waals surface area contributed by atoms with Gasteiger partial charge in [-0.1, -0.05) is 23.3 Å². The summed E-state index contributed by atoms with van der Waals surface area (Å²) in [4.78, 5) is 84.4. The van der Waals surface area contributed by atoms with Gasteiger partial charge in [0.25, 0.3) is 16.7 Å². The average molecular weight is 1560 g/mol. The summed E-state index contributed by atoms with van der Waals surface area (Å²) in [5, 5.41) is 7.32. The molecular weight excluding hydrogens is 1500 g/mol. The van der Waals surface area contributed by atoms with Crippen molar-refractivity contribution in [3.8, 4) is 51.0 Å². The zero-order chi connectivity index (χ0) is 58.3. The fourth-order valence-corrected chi connectivity index (χ4v) is 12.6. The van der Waals surface area contributed by atoms with Gasteiger partial charge in [-0.25, -0.2) is 0 Å². The third-order valence-corrected chi connectivity index (χ3v) is 16.8. The molecule has 0 bridgehead atoms. The number of hydrogen-bond acceptors (Lipinski definition) is 12. The molecule has 84 heavy (non-hydrogen) atoms. The second kappa shape index (κ2) is 26.8. The van der Waals surface area contributed by atoms with E-state index in [9.17, 15) is 28.8 Å². The second-order valence-electron chi connectivity index (χ2n) is 19.9. The van der Waals surface area contributed by atoms with Gasteiger partial charge in [-0.2, -0.15) is 0 Å². The number of carbonyl (C=O) groups is 3. The Balaban J connectivity index is 0.000000162. The quantitative estimate of drug-likeness (QED) is 0.0205. The number of rotatable bonds is 14. The Morgan fingerprint density at radius 1 is 0.488 bits per heavy atom. The van der Waals surface area contributed by atoms with Crippen LogP contribution in [0.5, 0.6) is 17.2 Å². The predicted octanol–water partition coefficient (Wildman–Crippen LogP) is 11.9. The van der Waals surface area contributed by atoms with Crippen molar-refractivity contribution in [3.63, 3.8) is 0 Å². The molecule has 0 saturated carbocycles. The number of nitrogens with two attached hydrogens (primary N) is 1. The Morgan fingerprint density at radius 3 is 1.13 bits per heavy atom. The van der Waals surface area contributed by atoms with Crippen LogP contribution in [0, 0.1) is 18.1 Å². The van der Waals surface area contributed by atoms with E-state index < -0.39 is 0 Å². The number of hydrogen-bond donors (Lipinski definition) is 1. The van der Waals surface area contributed by atoms with Gasteiger partial charge in [0.15, 0.2) is 17.3 Å². The first kappa shape index (κ1) is 63.5. The van der Waals surface area contributed by atoms with Crippen LogP contribution in [0.3, 0.4) is 0 Å². The van der Waals surface area contributed by atoms with Gasteiger partial charge < -0.3 is 46.0 Å². The summed E-state index contributed by atoms with van der Waals surface area (Å²) in [6.45, 7) is 3.05. The van der Waals surface area contributed by atoms with Crippen LogP contribution in [0.15, 0.2) is 129 Å². The molecular formula is C63H56I3N8O9Pd-. The number of halogens is 3. The van der Waals surface area contributed by atoms with E-state index in [1.165, 1.54) is 0 Å². The number of benzene rings is 6. The molecule has 21 heteroatoms. The Bertz CT molecular complexity index is 4420. The van der Waals surface area contributed by atoms with Crippen LogP contribution in [0.25, 0.3) is 76.5 Å². The van der Waals surface area contributed by atoms with Crippen molar-refractivity contribution in [1.29, 1.82) is 0 Å². The molecule has 17 nitrogen and oxygen atoms in total. The molecule has 6 aromatic carbocycles. The smallest absolute Gasteiger partial charge is 0.258 e. The minimum absolute atomic E-state index is 0. The first-order valence-electron chi connectivity index (χ1n) is 26.2. The van der Waals surface area contributed by atoms with Crippen LogP contribution in [0.1, 0.15) is 67.0 Å². The van der Waals surface area contributed by atoms with Gasteiger partial charge in [0.1, 0.15) is 17.2 Å². The molecule has 9 aromatic rings.